The lowest BCUT2D eigenvalue weighted by molar-refractivity contribution is 1.08. The molecule has 0 fully saturated rings. The van der Waals surface area contributed by atoms with Gasteiger partial charge in [-0.1, -0.05) is 164 Å². The Hall–Kier alpha value is -6.71. The van der Waals surface area contributed by atoms with E-state index in [1.807, 2.05) is 18.2 Å². The Morgan fingerprint density at radius 3 is 1.62 bits per heavy atom. The Labute approximate surface area is 289 Å². The van der Waals surface area contributed by atoms with Gasteiger partial charge >= 0.3 is 0 Å². The predicted molar refractivity (Wildman–Crippen MR) is 209 cm³/mol. The fourth-order valence-corrected chi connectivity index (χ4v) is 7.51. The van der Waals surface area contributed by atoms with Crippen molar-refractivity contribution in [2.45, 2.75) is 0 Å². The second-order valence-corrected chi connectivity index (χ2v) is 12.8. The molecule has 50 heavy (non-hydrogen) atoms. The van der Waals surface area contributed by atoms with Crippen LogP contribution in [0.1, 0.15) is 0 Å². The van der Waals surface area contributed by atoms with Gasteiger partial charge in [0, 0.05) is 16.7 Å². The Morgan fingerprint density at radius 1 is 0.260 bits per heavy atom. The summed E-state index contributed by atoms with van der Waals surface area (Å²) in [5.41, 5.74) is 5.28. The average Bonchev–Trinajstić information content (AvgIpc) is 3.20. The lowest BCUT2D eigenvalue weighted by Crippen LogP contribution is -2.00. The summed E-state index contributed by atoms with van der Waals surface area (Å²) in [5, 5.41) is 12.1. The molecule has 0 aliphatic carbocycles. The van der Waals surface area contributed by atoms with Crippen molar-refractivity contribution in [3.05, 3.63) is 176 Å². The number of nitrogens with zero attached hydrogens (tertiary/aromatic N) is 3. The second kappa shape index (κ2) is 11.5. The highest BCUT2D eigenvalue weighted by Gasteiger charge is 2.17. The molecule has 0 amide bonds. The third-order valence-electron chi connectivity index (χ3n) is 9.88. The standard InChI is InChI=1S/C47H29N3/c1-2-14-32(15-3-1)45-48-46(35-27-24-30-12-4-5-16-33(30)28-35)50-47(49-45)42-23-11-20-37-38(42)21-10-22-39(37)43-29-34-26-25-31-13-6-7-17-36(31)44(34)41-19-9-8-18-40(41)43/h1-29H. The van der Waals surface area contributed by atoms with Gasteiger partial charge in [-0.05, 0) is 77.1 Å². The van der Waals surface area contributed by atoms with Gasteiger partial charge in [-0.15, -0.1) is 0 Å². The van der Waals surface area contributed by atoms with Crippen LogP contribution in [0.4, 0.5) is 0 Å². The van der Waals surface area contributed by atoms with Crippen LogP contribution >= 0.6 is 0 Å². The number of fused-ring (bicyclic) bond motifs is 7. The molecule has 0 atom stereocenters. The minimum absolute atomic E-state index is 0.652. The summed E-state index contributed by atoms with van der Waals surface area (Å²) >= 11 is 0. The van der Waals surface area contributed by atoms with Crippen LogP contribution in [-0.4, -0.2) is 15.0 Å². The zero-order valence-corrected chi connectivity index (χ0v) is 27.1. The van der Waals surface area contributed by atoms with Crippen molar-refractivity contribution in [2.75, 3.05) is 0 Å². The number of hydrogen-bond acceptors (Lipinski definition) is 3. The van der Waals surface area contributed by atoms with Gasteiger partial charge in [0.1, 0.15) is 0 Å². The maximum Gasteiger partial charge on any atom is 0.164 e. The summed E-state index contributed by atoms with van der Waals surface area (Å²) < 4.78 is 0. The Morgan fingerprint density at radius 2 is 0.800 bits per heavy atom. The molecule has 0 aliphatic rings. The fourth-order valence-electron chi connectivity index (χ4n) is 7.51. The van der Waals surface area contributed by atoms with Gasteiger partial charge in [-0.3, -0.25) is 0 Å². The summed E-state index contributed by atoms with van der Waals surface area (Å²) in [7, 11) is 0. The highest BCUT2D eigenvalue weighted by Crippen LogP contribution is 2.42. The molecule has 10 aromatic rings. The maximum absolute atomic E-state index is 5.16. The summed E-state index contributed by atoms with van der Waals surface area (Å²) in [5.74, 6) is 1.96. The van der Waals surface area contributed by atoms with Crippen LogP contribution < -0.4 is 0 Å². The molecular weight excluding hydrogens is 607 g/mol. The van der Waals surface area contributed by atoms with Crippen molar-refractivity contribution in [2.24, 2.45) is 0 Å². The molecule has 9 aromatic carbocycles. The highest BCUT2D eigenvalue weighted by atomic mass is 15.0. The summed E-state index contributed by atoms with van der Waals surface area (Å²) in [6.07, 6.45) is 0. The van der Waals surface area contributed by atoms with E-state index in [0.29, 0.717) is 17.5 Å². The zero-order valence-electron chi connectivity index (χ0n) is 27.1. The number of rotatable bonds is 4. The van der Waals surface area contributed by atoms with Crippen LogP contribution in [0.5, 0.6) is 0 Å². The number of hydrogen-bond donors (Lipinski definition) is 0. The van der Waals surface area contributed by atoms with Crippen LogP contribution in [0.2, 0.25) is 0 Å². The van der Waals surface area contributed by atoms with Gasteiger partial charge in [-0.25, -0.2) is 15.0 Å². The van der Waals surface area contributed by atoms with Crippen molar-refractivity contribution in [3.63, 3.8) is 0 Å². The molecule has 232 valence electrons. The topological polar surface area (TPSA) is 38.7 Å². The minimum atomic E-state index is 0.652. The van der Waals surface area contributed by atoms with Crippen molar-refractivity contribution >= 4 is 53.9 Å². The molecule has 1 aromatic heterocycles. The van der Waals surface area contributed by atoms with Crippen LogP contribution in [0.15, 0.2) is 176 Å². The molecule has 10 rings (SSSR count). The van der Waals surface area contributed by atoms with Gasteiger partial charge < -0.3 is 0 Å². The van der Waals surface area contributed by atoms with E-state index in [4.69, 9.17) is 15.0 Å². The third-order valence-corrected chi connectivity index (χ3v) is 9.88. The lowest BCUT2D eigenvalue weighted by atomic mass is 9.88. The molecule has 0 spiro atoms. The molecule has 0 aliphatic heterocycles. The molecule has 0 unspecified atom stereocenters. The molecule has 1 heterocycles. The highest BCUT2D eigenvalue weighted by molar-refractivity contribution is 6.24. The number of benzene rings is 9. The first-order valence-corrected chi connectivity index (χ1v) is 16.9. The van der Waals surface area contributed by atoms with E-state index >= 15 is 0 Å². The Balaban J connectivity index is 1.20. The summed E-state index contributed by atoms with van der Waals surface area (Å²) in [4.78, 5) is 15.3. The summed E-state index contributed by atoms with van der Waals surface area (Å²) in [6, 6.07) is 62.3. The van der Waals surface area contributed by atoms with Gasteiger partial charge in [0.2, 0.25) is 0 Å². The SMILES string of the molecule is c1ccc(-c2nc(-c3ccc4ccccc4c3)nc(-c3cccc4c(-c5cc6ccc7ccccc7c6c6ccccc56)cccc34)n2)cc1. The average molecular weight is 636 g/mol. The van der Waals surface area contributed by atoms with E-state index in [0.717, 1.165) is 32.8 Å². The van der Waals surface area contributed by atoms with Crippen molar-refractivity contribution in [1.82, 2.24) is 15.0 Å². The quantitative estimate of drug-likeness (QED) is 0.181. The van der Waals surface area contributed by atoms with Crippen LogP contribution in [0.3, 0.4) is 0 Å². The zero-order chi connectivity index (χ0) is 33.0. The van der Waals surface area contributed by atoms with Crippen molar-refractivity contribution < 1.29 is 0 Å². The van der Waals surface area contributed by atoms with E-state index in [2.05, 4.69) is 158 Å². The molecule has 0 bridgehead atoms. The van der Waals surface area contributed by atoms with Crippen molar-refractivity contribution in [1.29, 1.82) is 0 Å². The fraction of sp³-hybridized carbons (Fsp3) is 0. The smallest absolute Gasteiger partial charge is 0.164 e. The van der Waals surface area contributed by atoms with E-state index in [1.165, 1.54) is 48.8 Å². The van der Waals surface area contributed by atoms with E-state index < -0.39 is 0 Å². The third kappa shape index (κ3) is 4.63. The van der Waals surface area contributed by atoms with E-state index in [9.17, 15) is 0 Å². The molecule has 3 heteroatoms. The maximum atomic E-state index is 5.16. The summed E-state index contributed by atoms with van der Waals surface area (Å²) in [6.45, 7) is 0. The molecular formula is C47H29N3. The molecule has 0 N–H and O–H groups in total. The lowest BCUT2D eigenvalue weighted by Gasteiger charge is -2.16. The van der Waals surface area contributed by atoms with Gasteiger partial charge in [-0.2, -0.15) is 0 Å². The molecule has 3 nitrogen and oxygen atoms in total. The second-order valence-electron chi connectivity index (χ2n) is 12.8. The van der Waals surface area contributed by atoms with E-state index in [1.54, 1.807) is 0 Å². The molecule has 0 saturated heterocycles. The van der Waals surface area contributed by atoms with Crippen LogP contribution in [-0.2, 0) is 0 Å². The van der Waals surface area contributed by atoms with Gasteiger partial charge in [0.15, 0.2) is 17.5 Å². The minimum Gasteiger partial charge on any atom is -0.208 e. The largest absolute Gasteiger partial charge is 0.208 e. The molecule has 0 saturated carbocycles. The van der Waals surface area contributed by atoms with E-state index in [-0.39, 0.29) is 0 Å². The molecule has 0 radical (unpaired) electrons. The first-order valence-electron chi connectivity index (χ1n) is 16.9. The first-order chi connectivity index (χ1) is 24.8. The predicted octanol–water partition coefficient (Wildman–Crippen LogP) is 12.3. The van der Waals surface area contributed by atoms with Crippen LogP contribution in [0.25, 0.3) is 99.2 Å². The first kappa shape index (κ1) is 28.3. The van der Waals surface area contributed by atoms with Crippen LogP contribution in [0, 0.1) is 0 Å². The van der Waals surface area contributed by atoms with Gasteiger partial charge in [0.05, 0.1) is 0 Å². The Kier molecular flexibility index (Phi) is 6.49. The number of aromatic nitrogens is 3. The van der Waals surface area contributed by atoms with Crippen molar-refractivity contribution in [3.8, 4) is 45.3 Å². The normalized spacial score (nSPS) is 11.6. The van der Waals surface area contributed by atoms with Gasteiger partial charge in [0.25, 0.3) is 0 Å². The monoisotopic (exact) mass is 635 g/mol. The Bertz CT molecular complexity index is 2930.